The van der Waals surface area contributed by atoms with Crippen LogP contribution in [0, 0.1) is 6.92 Å². The van der Waals surface area contributed by atoms with Crippen LogP contribution in [0.5, 0.6) is 0 Å². The molecule has 1 unspecified atom stereocenters. The first-order chi connectivity index (χ1) is 13.9. The van der Waals surface area contributed by atoms with E-state index in [0.717, 1.165) is 29.8 Å². The quantitative estimate of drug-likeness (QED) is 0.724. The molecule has 2 bridgehead atoms. The maximum atomic E-state index is 13.2. The van der Waals surface area contributed by atoms with Crippen LogP contribution in [0.3, 0.4) is 0 Å². The van der Waals surface area contributed by atoms with Crippen molar-refractivity contribution >= 4 is 5.91 Å². The maximum Gasteiger partial charge on any atom is 0.276 e. The van der Waals surface area contributed by atoms with Gasteiger partial charge in [0, 0.05) is 57.5 Å². The van der Waals surface area contributed by atoms with E-state index in [4.69, 9.17) is 4.52 Å². The molecule has 1 amide bonds. The zero-order valence-corrected chi connectivity index (χ0v) is 16.7. The number of aryl methyl sites for hydroxylation is 3. The van der Waals surface area contributed by atoms with Crippen LogP contribution in [0.4, 0.5) is 0 Å². The lowest BCUT2D eigenvalue weighted by atomic mass is 9.83. The van der Waals surface area contributed by atoms with Gasteiger partial charge in [0.15, 0.2) is 11.5 Å². The molecule has 2 aliphatic heterocycles. The number of hydrogen-bond donors (Lipinski definition) is 1. The van der Waals surface area contributed by atoms with Crippen molar-refractivity contribution in [2.75, 3.05) is 0 Å². The van der Waals surface area contributed by atoms with E-state index in [-0.39, 0.29) is 18.0 Å². The summed E-state index contributed by atoms with van der Waals surface area (Å²) >= 11 is 0. The minimum Gasteiger partial charge on any atom is -0.383 e. The van der Waals surface area contributed by atoms with Crippen LogP contribution < -0.4 is 0 Å². The van der Waals surface area contributed by atoms with Crippen molar-refractivity contribution in [2.24, 2.45) is 14.1 Å². The molecule has 29 heavy (non-hydrogen) atoms. The standard InChI is InChI=1S/C20H24N6O3/c1-12-15(11-24(2)22-12)17-8-16(23-29-17)19(27)26-13-4-5-14(26)10-20(28,9-13)18-6-7-21-25(18)3/h6-8,11,13-14,28H,4-5,9-10H2,1-3H3/t13-,14+,20?. The SMILES string of the molecule is Cc1nn(C)cc1-c1cc(C(=O)N2[C@@H]3CC[C@H]2CC(O)(c2ccnn2C)C3)no1. The summed E-state index contributed by atoms with van der Waals surface area (Å²) in [6.45, 7) is 1.89. The number of amides is 1. The zero-order chi connectivity index (χ0) is 20.3. The summed E-state index contributed by atoms with van der Waals surface area (Å²) in [7, 11) is 3.68. The van der Waals surface area contributed by atoms with Gasteiger partial charge in [0.2, 0.25) is 0 Å². The highest BCUT2D eigenvalue weighted by molar-refractivity contribution is 5.94. The number of aromatic nitrogens is 5. The molecule has 1 N–H and O–H groups in total. The minimum atomic E-state index is -0.963. The van der Waals surface area contributed by atoms with E-state index in [1.807, 2.05) is 38.2 Å². The number of piperidine rings is 1. The van der Waals surface area contributed by atoms with Crippen molar-refractivity contribution in [3.63, 3.8) is 0 Å². The third-order valence-corrected chi connectivity index (χ3v) is 6.31. The molecule has 0 spiro atoms. The summed E-state index contributed by atoms with van der Waals surface area (Å²) in [6, 6.07) is 3.49. The largest absolute Gasteiger partial charge is 0.383 e. The number of aliphatic hydroxyl groups is 1. The Morgan fingerprint density at radius 3 is 2.59 bits per heavy atom. The molecule has 9 heteroatoms. The lowest BCUT2D eigenvalue weighted by Crippen LogP contribution is -2.52. The number of nitrogens with zero attached hydrogens (tertiary/aromatic N) is 6. The van der Waals surface area contributed by atoms with Gasteiger partial charge in [-0.1, -0.05) is 5.16 Å². The molecule has 2 aliphatic rings. The number of carbonyl (C=O) groups excluding carboxylic acids is 1. The zero-order valence-electron chi connectivity index (χ0n) is 16.7. The van der Waals surface area contributed by atoms with Gasteiger partial charge in [-0.3, -0.25) is 14.2 Å². The molecular formula is C20H24N6O3. The average molecular weight is 396 g/mol. The molecule has 5 rings (SSSR count). The van der Waals surface area contributed by atoms with Crippen molar-refractivity contribution in [3.8, 4) is 11.3 Å². The van der Waals surface area contributed by atoms with Gasteiger partial charge in [-0.15, -0.1) is 0 Å². The Labute approximate surface area is 167 Å². The Morgan fingerprint density at radius 1 is 1.28 bits per heavy atom. The normalized spacial score (nSPS) is 26.3. The van der Waals surface area contributed by atoms with Gasteiger partial charge in [-0.05, 0) is 25.8 Å². The van der Waals surface area contributed by atoms with Crippen LogP contribution in [0.25, 0.3) is 11.3 Å². The predicted octanol–water partition coefficient (Wildman–Crippen LogP) is 1.77. The summed E-state index contributed by atoms with van der Waals surface area (Å²) in [5.74, 6) is 0.399. The smallest absolute Gasteiger partial charge is 0.276 e. The Bertz CT molecular complexity index is 1070. The number of fused-ring (bicyclic) bond motifs is 2. The number of rotatable bonds is 3. The van der Waals surface area contributed by atoms with Crippen LogP contribution in [-0.2, 0) is 19.7 Å². The van der Waals surface area contributed by atoms with Crippen LogP contribution in [-0.4, -0.2) is 52.7 Å². The first-order valence-corrected chi connectivity index (χ1v) is 9.86. The highest BCUT2D eigenvalue weighted by Crippen LogP contribution is 2.46. The lowest BCUT2D eigenvalue weighted by Gasteiger charge is -2.43. The molecule has 9 nitrogen and oxygen atoms in total. The van der Waals surface area contributed by atoms with Crippen molar-refractivity contribution in [1.82, 2.24) is 29.6 Å². The number of carbonyl (C=O) groups is 1. The average Bonchev–Trinajstić information content (AvgIpc) is 3.42. The van der Waals surface area contributed by atoms with Crippen molar-refractivity contribution in [1.29, 1.82) is 0 Å². The predicted molar refractivity (Wildman–Crippen MR) is 103 cm³/mol. The van der Waals surface area contributed by atoms with Gasteiger partial charge in [0.05, 0.1) is 17.0 Å². The fourth-order valence-electron chi connectivity index (χ4n) is 5.07. The second-order valence-corrected chi connectivity index (χ2v) is 8.26. The van der Waals surface area contributed by atoms with E-state index in [1.54, 1.807) is 21.6 Å². The van der Waals surface area contributed by atoms with E-state index in [9.17, 15) is 9.90 Å². The highest BCUT2D eigenvalue weighted by Gasteiger charge is 2.51. The Balaban J connectivity index is 1.40. The van der Waals surface area contributed by atoms with E-state index in [2.05, 4.69) is 15.4 Å². The van der Waals surface area contributed by atoms with Gasteiger partial charge in [0.1, 0.15) is 5.60 Å². The lowest BCUT2D eigenvalue weighted by molar-refractivity contribution is -0.0532. The van der Waals surface area contributed by atoms with Crippen LogP contribution in [0.15, 0.2) is 29.0 Å². The second kappa shape index (κ2) is 6.28. The Kier molecular flexibility index (Phi) is 3.92. The fourth-order valence-corrected chi connectivity index (χ4v) is 5.07. The minimum absolute atomic E-state index is 0.0265. The third kappa shape index (κ3) is 2.79. The van der Waals surface area contributed by atoms with Crippen molar-refractivity contribution < 1.29 is 14.4 Å². The molecule has 0 aliphatic carbocycles. The molecule has 3 aromatic rings. The van der Waals surface area contributed by atoms with Crippen molar-refractivity contribution in [3.05, 3.63) is 41.6 Å². The monoisotopic (exact) mass is 396 g/mol. The van der Waals surface area contributed by atoms with Crippen LogP contribution >= 0.6 is 0 Å². The number of hydrogen-bond acceptors (Lipinski definition) is 6. The van der Waals surface area contributed by atoms with Gasteiger partial charge < -0.3 is 14.5 Å². The van der Waals surface area contributed by atoms with Crippen molar-refractivity contribution in [2.45, 2.75) is 50.3 Å². The maximum absolute atomic E-state index is 13.2. The van der Waals surface area contributed by atoms with E-state index in [1.165, 1.54) is 0 Å². The van der Waals surface area contributed by atoms with Gasteiger partial charge >= 0.3 is 0 Å². The summed E-state index contributed by atoms with van der Waals surface area (Å²) < 4.78 is 8.88. The Morgan fingerprint density at radius 2 is 2.00 bits per heavy atom. The van der Waals surface area contributed by atoms with E-state index < -0.39 is 5.60 Å². The molecule has 2 fully saturated rings. The first-order valence-electron chi connectivity index (χ1n) is 9.86. The highest BCUT2D eigenvalue weighted by atomic mass is 16.5. The summed E-state index contributed by atoms with van der Waals surface area (Å²) in [5, 5.41) is 23.9. The fraction of sp³-hybridized carbons (Fsp3) is 0.500. The molecule has 0 saturated carbocycles. The van der Waals surface area contributed by atoms with Crippen LogP contribution in [0.2, 0.25) is 0 Å². The topological polar surface area (TPSA) is 102 Å². The molecule has 152 valence electrons. The summed E-state index contributed by atoms with van der Waals surface area (Å²) in [5.41, 5.74) is 1.78. The van der Waals surface area contributed by atoms with Gasteiger partial charge in [-0.2, -0.15) is 10.2 Å². The first kappa shape index (κ1) is 18.1. The summed E-state index contributed by atoms with van der Waals surface area (Å²) in [6.07, 6.45) is 6.31. The second-order valence-electron chi connectivity index (χ2n) is 8.26. The molecule has 5 heterocycles. The molecule has 3 aromatic heterocycles. The third-order valence-electron chi connectivity index (χ3n) is 6.31. The molecule has 0 aromatic carbocycles. The molecule has 3 atom stereocenters. The summed E-state index contributed by atoms with van der Waals surface area (Å²) in [4.78, 5) is 15.1. The van der Waals surface area contributed by atoms with E-state index in [0.29, 0.717) is 24.3 Å². The van der Waals surface area contributed by atoms with Crippen LogP contribution in [0.1, 0.15) is 47.6 Å². The Hall–Kier alpha value is -2.94. The van der Waals surface area contributed by atoms with E-state index >= 15 is 0 Å². The van der Waals surface area contributed by atoms with Gasteiger partial charge in [-0.25, -0.2) is 0 Å². The van der Waals surface area contributed by atoms with Gasteiger partial charge in [0.25, 0.3) is 5.91 Å². The molecule has 0 radical (unpaired) electrons. The molecular weight excluding hydrogens is 372 g/mol. The molecule has 2 saturated heterocycles.